The average Bonchev–Trinajstić information content (AvgIpc) is 3.36. The molecule has 170 valence electrons. The largest absolute Gasteiger partial charge is 0.493 e. The molecule has 0 spiro atoms. The molecule has 9 heteroatoms. The summed E-state index contributed by atoms with van der Waals surface area (Å²) in [6.07, 6.45) is 4.57. The highest BCUT2D eigenvalue weighted by Gasteiger charge is 2.14. The third kappa shape index (κ3) is 5.51. The number of imidazole rings is 1. The van der Waals surface area contributed by atoms with Crippen LogP contribution in [0.25, 0.3) is 11.3 Å². The summed E-state index contributed by atoms with van der Waals surface area (Å²) < 4.78 is 8.24. The maximum Gasteiger partial charge on any atom is 0.351 e. The van der Waals surface area contributed by atoms with Crippen LogP contribution >= 0.6 is 11.6 Å². The molecule has 3 heterocycles. The zero-order valence-corrected chi connectivity index (χ0v) is 18.9. The Bertz CT molecular complexity index is 1110. The molecule has 8 nitrogen and oxygen atoms in total. The zero-order valence-electron chi connectivity index (χ0n) is 18.2. The lowest BCUT2D eigenvalue weighted by Gasteiger charge is -2.32. The van der Waals surface area contributed by atoms with Gasteiger partial charge in [-0.05, 0) is 62.8 Å². The van der Waals surface area contributed by atoms with Gasteiger partial charge < -0.3 is 19.3 Å². The summed E-state index contributed by atoms with van der Waals surface area (Å²) in [5.41, 5.74) is 0.523. The maximum absolute atomic E-state index is 12.6. The Balaban J connectivity index is 1.33. The fourth-order valence-corrected chi connectivity index (χ4v) is 3.86. The molecule has 4 rings (SSSR count). The Kier molecular flexibility index (Phi) is 7.14. The van der Waals surface area contributed by atoms with Gasteiger partial charge in [-0.25, -0.2) is 4.79 Å². The molecule has 0 bridgehead atoms. The first-order valence-electron chi connectivity index (χ1n) is 10.8. The number of furan rings is 1. The molecule has 1 aliphatic rings. The van der Waals surface area contributed by atoms with Crippen LogP contribution in [0.5, 0.6) is 5.88 Å². The van der Waals surface area contributed by atoms with Crippen LogP contribution in [-0.2, 0) is 6.54 Å². The number of aromatic nitrogens is 2. The van der Waals surface area contributed by atoms with Gasteiger partial charge in [0, 0.05) is 43.3 Å². The number of halogens is 1. The van der Waals surface area contributed by atoms with Crippen LogP contribution in [0, 0.1) is 0 Å². The van der Waals surface area contributed by atoms with Gasteiger partial charge in [0.25, 0.3) is 0 Å². The summed E-state index contributed by atoms with van der Waals surface area (Å²) in [5, 5.41) is 15.0. The number of benzene rings is 1. The van der Waals surface area contributed by atoms with Gasteiger partial charge in [-0.1, -0.05) is 11.6 Å². The SMILES string of the molecule is CN1CCN(CCCCn2c(O)cn(/N=C/c3ccc(-c4ccc(Cl)cc4)o3)c2=O)CC1. The van der Waals surface area contributed by atoms with E-state index in [1.54, 1.807) is 18.2 Å². The Morgan fingerprint density at radius 1 is 1.06 bits per heavy atom. The van der Waals surface area contributed by atoms with Crippen LogP contribution in [0.3, 0.4) is 0 Å². The van der Waals surface area contributed by atoms with Gasteiger partial charge in [0.2, 0.25) is 5.88 Å². The molecule has 0 amide bonds. The van der Waals surface area contributed by atoms with Crippen molar-refractivity contribution in [3.63, 3.8) is 0 Å². The van der Waals surface area contributed by atoms with E-state index in [4.69, 9.17) is 16.0 Å². The fraction of sp³-hybridized carbons (Fsp3) is 0.391. The van der Waals surface area contributed by atoms with Crippen molar-refractivity contribution in [2.75, 3.05) is 39.8 Å². The van der Waals surface area contributed by atoms with Crippen molar-refractivity contribution in [1.29, 1.82) is 0 Å². The van der Waals surface area contributed by atoms with Gasteiger partial charge in [0.1, 0.15) is 11.5 Å². The molecule has 0 atom stereocenters. The van der Waals surface area contributed by atoms with E-state index in [9.17, 15) is 9.90 Å². The Morgan fingerprint density at radius 3 is 2.53 bits per heavy atom. The summed E-state index contributed by atoms with van der Waals surface area (Å²) in [4.78, 5) is 17.4. The van der Waals surface area contributed by atoms with Crippen LogP contribution < -0.4 is 5.69 Å². The Hall–Kier alpha value is -2.81. The first-order valence-corrected chi connectivity index (χ1v) is 11.2. The number of unbranched alkanes of at least 4 members (excludes halogenated alkanes) is 1. The molecule has 1 saturated heterocycles. The van der Waals surface area contributed by atoms with E-state index in [0.717, 1.165) is 55.8 Å². The van der Waals surface area contributed by atoms with E-state index in [-0.39, 0.29) is 11.6 Å². The highest BCUT2D eigenvalue weighted by atomic mass is 35.5. The van der Waals surface area contributed by atoms with Gasteiger partial charge >= 0.3 is 5.69 Å². The van der Waals surface area contributed by atoms with Crippen molar-refractivity contribution < 1.29 is 9.52 Å². The standard InChI is InChI=1S/C23H28ClN5O3/c1-26-12-14-27(15-13-26)10-2-3-11-28-22(30)17-29(23(28)31)25-16-20-8-9-21(32-20)18-4-6-19(24)7-5-18/h4-9,16-17,30H,2-3,10-15H2,1H3/b25-16+. The highest BCUT2D eigenvalue weighted by Crippen LogP contribution is 2.23. The lowest BCUT2D eigenvalue weighted by atomic mass is 10.2. The van der Waals surface area contributed by atoms with Crippen LogP contribution in [-0.4, -0.2) is 70.1 Å². The minimum Gasteiger partial charge on any atom is -0.493 e. The van der Waals surface area contributed by atoms with Crippen LogP contribution in [0.4, 0.5) is 0 Å². The molecule has 0 radical (unpaired) electrons. The molecule has 1 fully saturated rings. The summed E-state index contributed by atoms with van der Waals surface area (Å²) in [6, 6.07) is 10.9. The van der Waals surface area contributed by atoms with Gasteiger partial charge in [-0.3, -0.25) is 4.57 Å². The molecule has 2 aromatic heterocycles. The minimum atomic E-state index is -0.372. The quantitative estimate of drug-likeness (QED) is 0.415. The van der Waals surface area contributed by atoms with E-state index < -0.39 is 0 Å². The molecule has 0 aliphatic carbocycles. The zero-order chi connectivity index (χ0) is 22.5. The third-order valence-electron chi connectivity index (χ3n) is 5.71. The second-order valence-electron chi connectivity index (χ2n) is 8.07. The second kappa shape index (κ2) is 10.2. The first-order chi connectivity index (χ1) is 15.5. The van der Waals surface area contributed by atoms with E-state index >= 15 is 0 Å². The number of nitrogens with zero attached hydrogens (tertiary/aromatic N) is 5. The fourth-order valence-electron chi connectivity index (χ4n) is 3.74. The number of likely N-dealkylation sites (N-methyl/N-ethyl adjacent to an activating group) is 1. The maximum atomic E-state index is 12.6. The van der Waals surface area contributed by atoms with E-state index in [1.807, 2.05) is 18.2 Å². The summed E-state index contributed by atoms with van der Waals surface area (Å²) >= 11 is 5.92. The summed E-state index contributed by atoms with van der Waals surface area (Å²) in [5.74, 6) is 1.09. The van der Waals surface area contributed by atoms with Gasteiger partial charge in [-0.2, -0.15) is 9.78 Å². The number of rotatable bonds is 8. The van der Waals surface area contributed by atoms with Crippen molar-refractivity contribution in [2.24, 2.45) is 5.10 Å². The van der Waals surface area contributed by atoms with Crippen molar-refractivity contribution in [3.8, 4) is 17.2 Å². The molecular weight excluding hydrogens is 430 g/mol. The minimum absolute atomic E-state index is 0.0898. The second-order valence-corrected chi connectivity index (χ2v) is 8.51. The summed E-state index contributed by atoms with van der Waals surface area (Å²) in [6.45, 7) is 5.83. The molecule has 0 unspecified atom stereocenters. The Labute approximate surface area is 191 Å². The van der Waals surface area contributed by atoms with Crippen LogP contribution in [0.15, 0.2) is 56.9 Å². The molecule has 3 aromatic rings. The van der Waals surface area contributed by atoms with Crippen LogP contribution in [0.2, 0.25) is 5.02 Å². The van der Waals surface area contributed by atoms with Crippen molar-refractivity contribution in [1.82, 2.24) is 19.0 Å². The van der Waals surface area contributed by atoms with Crippen molar-refractivity contribution >= 4 is 17.8 Å². The predicted octanol–water partition coefficient (Wildman–Crippen LogP) is 3.18. The number of aromatic hydroxyl groups is 1. The average molecular weight is 458 g/mol. The highest BCUT2D eigenvalue weighted by molar-refractivity contribution is 6.30. The number of hydrogen-bond donors (Lipinski definition) is 1. The lowest BCUT2D eigenvalue weighted by Crippen LogP contribution is -2.44. The lowest BCUT2D eigenvalue weighted by molar-refractivity contribution is 0.151. The summed E-state index contributed by atoms with van der Waals surface area (Å²) in [7, 11) is 2.14. The van der Waals surface area contributed by atoms with Crippen LogP contribution in [0.1, 0.15) is 18.6 Å². The molecule has 1 N–H and O–H groups in total. The van der Waals surface area contributed by atoms with Gasteiger partial charge in [0.15, 0.2) is 0 Å². The molecule has 32 heavy (non-hydrogen) atoms. The normalized spacial score (nSPS) is 15.7. The van der Waals surface area contributed by atoms with Gasteiger partial charge in [-0.15, -0.1) is 0 Å². The molecular formula is C23H28ClN5O3. The van der Waals surface area contributed by atoms with E-state index in [0.29, 0.717) is 23.1 Å². The number of piperazine rings is 1. The smallest absolute Gasteiger partial charge is 0.351 e. The van der Waals surface area contributed by atoms with Crippen molar-refractivity contribution in [2.45, 2.75) is 19.4 Å². The monoisotopic (exact) mass is 457 g/mol. The number of hydrogen-bond acceptors (Lipinski definition) is 6. The topological polar surface area (TPSA) is 79.1 Å². The molecule has 1 aromatic carbocycles. The Morgan fingerprint density at radius 2 is 1.78 bits per heavy atom. The molecule has 0 saturated carbocycles. The molecule has 1 aliphatic heterocycles. The van der Waals surface area contributed by atoms with E-state index in [1.165, 1.54) is 17.0 Å². The predicted molar refractivity (Wildman–Crippen MR) is 126 cm³/mol. The first kappa shape index (κ1) is 22.4. The van der Waals surface area contributed by atoms with Gasteiger partial charge in [0.05, 0.1) is 12.4 Å². The van der Waals surface area contributed by atoms with E-state index in [2.05, 4.69) is 21.9 Å². The third-order valence-corrected chi connectivity index (χ3v) is 5.96. The van der Waals surface area contributed by atoms with Crippen molar-refractivity contribution in [3.05, 3.63) is 63.9 Å².